The molecule has 90 valence electrons. The fraction of sp³-hybridized carbons (Fsp3) is 0.308. The van der Waals surface area contributed by atoms with Gasteiger partial charge in [-0.05, 0) is 31.5 Å². The Bertz CT molecular complexity index is 503. The predicted molar refractivity (Wildman–Crippen MR) is 68.7 cm³/mol. The van der Waals surface area contributed by atoms with E-state index >= 15 is 0 Å². The van der Waals surface area contributed by atoms with Crippen molar-refractivity contribution in [1.82, 2.24) is 4.98 Å². The van der Waals surface area contributed by atoms with E-state index in [0.717, 1.165) is 27.6 Å². The van der Waals surface area contributed by atoms with E-state index in [9.17, 15) is 4.39 Å². The van der Waals surface area contributed by atoms with Gasteiger partial charge in [0.2, 0.25) is 0 Å². The predicted octanol–water partition coefficient (Wildman–Crippen LogP) is 3.20. The second-order valence-electron chi connectivity index (χ2n) is 4.15. The number of hydrogen-bond acceptors (Lipinski definition) is 3. The van der Waals surface area contributed by atoms with Gasteiger partial charge in [-0.15, -0.1) is 11.3 Å². The van der Waals surface area contributed by atoms with Crippen molar-refractivity contribution < 1.29 is 4.39 Å². The standard InChI is InChI=1S/C13H15FN2S/c1-8(15)13-9(2)16-12(17-13)7-10-3-5-11(14)6-4-10/h3-6,8H,7,15H2,1-2H3. The summed E-state index contributed by atoms with van der Waals surface area (Å²) >= 11 is 1.64. The minimum Gasteiger partial charge on any atom is -0.323 e. The minimum absolute atomic E-state index is 0.0227. The van der Waals surface area contributed by atoms with E-state index in [1.54, 1.807) is 23.5 Å². The van der Waals surface area contributed by atoms with Crippen molar-refractivity contribution in [3.8, 4) is 0 Å². The number of halogens is 1. The third kappa shape index (κ3) is 2.90. The summed E-state index contributed by atoms with van der Waals surface area (Å²) in [6.45, 7) is 3.94. The molecule has 2 N–H and O–H groups in total. The highest BCUT2D eigenvalue weighted by Crippen LogP contribution is 2.25. The van der Waals surface area contributed by atoms with E-state index in [0.29, 0.717) is 0 Å². The van der Waals surface area contributed by atoms with Gasteiger partial charge in [-0.25, -0.2) is 9.37 Å². The summed E-state index contributed by atoms with van der Waals surface area (Å²) < 4.78 is 12.8. The molecule has 0 saturated heterocycles. The highest BCUT2D eigenvalue weighted by atomic mass is 32.1. The summed E-state index contributed by atoms with van der Waals surface area (Å²) in [5.41, 5.74) is 7.93. The Morgan fingerprint density at radius 1 is 1.35 bits per heavy atom. The van der Waals surface area contributed by atoms with Gasteiger partial charge >= 0.3 is 0 Å². The van der Waals surface area contributed by atoms with Crippen LogP contribution in [0, 0.1) is 12.7 Å². The molecule has 1 atom stereocenters. The molecule has 2 rings (SSSR count). The maximum absolute atomic E-state index is 12.8. The molecular weight excluding hydrogens is 235 g/mol. The van der Waals surface area contributed by atoms with Gasteiger partial charge in [0.15, 0.2) is 0 Å². The Balaban J connectivity index is 2.19. The van der Waals surface area contributed by atoms with Crippen molar-refractivity contribution in [2.24, 2.45) is 5.73 Å². The second kappa shape index (κ2) is 4.94. The molecule has 2 nitrogen and oxygen atoms in total. The van der Waals surface area contributed by atoms with Gasteiger partial charge in [0.05, 0.1) is 10.7 Å². The van der Waals surface area contributed by atoms with Gasteiger partial charge in [-0.2, -0.15) is 0 Å². The largest absolute Gasteiger partial charge is 0.323 e. The number of aryl methyl sites for hydroxylation is 1. The molecular formula is C13H15FN2S. The minimum atomic E-state index is -0.208. The zero-order valence-corrected chi connectivity index (χ0v) is 10.7. The highest BCUT2D eigenvalue weighted by molar-refractivity contribution is 7.11. The summed E-state index contributed by atoms with van der Waals surface area (Å²) in [6, 6.07) is 6.55. The maximum Gasteiger partial charge on any atom is 0.123 e. The number of rotatable bonds is 3. The molecule has 0 aliphatic carbocycles. The van der Waals surface area contributed by atoms with Crippen molar-refractivity contribution >= 4 is 11.3 Å². The van der Waals surface area contributed by atoms with Crippen LogP contribution in [0.1, 0.15) is 34.1 Å². The van der Waals surface area contributed by atoms with Crippen LogP contribution in [0.5, 0.6) is 0 Å². The zero-order valence-electron chi connectivity index (χ0n) is 9.90. The van der Waals surface area contributed by atoms with Crippen LogP contribution in [0.4, 0.5) is 4.39 Å². The summed E-state index contributed by atoms with van der Waals surface area (Å²) in [6.07, 6.45) is 0.735. The van der Waals surface area contributed by atoms with Crippen LogP contribution in [0.3, 0.4) is 0 Å². The Labute approximate surface area is 104 Å². The van der Waals surface area contributed by atoms with Gasteiger partial charge in [-0.3, -0.25) is 0 Å². The molecule has 0 fully saturated rings. The topological polar surface area (TPSA) is 38.9 Å². The first-order valence-corrected chi connectivity index (χ1v) is 6.34. The first-order chi connectivity index (χ1) is 8.06. The van der Waals surface area contributed by atoms with E-state index in [2.05, 4.69) is 4.98 Å². The van der Waals surface area contributed by atoms with Crippen molar-refractivity contribution in [2.45, 2.75) is 26.3 Å². The normalized spacial score (nSPS) is 12.7. The Kier molecular flexibility index (Phi) is 3.54. The summed E-state index contributed by atoms with van der Waals surface area (Å²) in [7, 11) is 0. The maximum atomic E-state index is 12.8. The first-order valence-electron chi connectivity index (χ1n) is 5.52. The zero-order chi connectivity index (χ0) is 12.4. The quantitative estimate of drug-likeness (QED) is 0.908. The second-order valence-corrected chi connectivity index (χ2v) is 5.26. The summed E-state index contributed by atoms with van der Waals surface area (Å²) in [5.74, 6) is -0.208. The Morgan fingerprint density at radius 3 is 2.53 bits per heavy atom. The van der Waals surface area contributed by atoms with Gasteiger partial charge < -0.3 is 5.73 Å². The number of aromatic nitrogens is 1. The lowest BCUT2D eigenvalue weighted by Crippen LogP contribution is -2.03. The summed E-state index contributed by atoms with van der Waals surface area (Å²) in [5, 5.41) is 1.03. The Hall–Kier alpha value is -1.26. The van der Waals surface area contributed by atoms with E-state index in [1.165, 1.54) is 12.1 Å². The molecule has 1 aromatic heterocycles. The van der Waals surface area contributed by atoms with Crippen LogP contribution in [0.2, 0.25) is 0 Å². The molecule has 1 aromatic carbocycles. The fourth-order valence-electron chi connectivity index (χ4n) is 1.74. The van der Waals surface area contributed by atoms with Crippen LogP contribution in [0.15, 0.2) is 24.3 Å². The molecule has 0 saturated carbocycles. The molecule has 0 bridgehead atoms. The van der Waals surface area contributed by atoms with Crippen molar-refractivity contribution in [2.75, 3.05) is 0 Å². The molecule has 1 unspecified atom stereocenters. The van der Waals surface area contributed by atoms with Crippen LogP contribution in [0.25, 0.3) is 0 Å². The smallest absolute Gasteiger partial charge is 0.123 e. The summed E-state index contributed by atoms with van der Waals surface area (Å²) in [4.78, 5) is 5.62. The number of thiazole rings is 1. The fourth-order valence-corrected chi connectivity index (χ4v) is 2.80. The molecule has 0 amide bonds. The molecule has 0 radical (unpaired) electrons. The Morgan fingerprint density at radius 2 is 2.00 bits per heavy atom. The van der Waals surface area contributed by atoms with Crippen LogP contribution in [-0.4, -0.2) is 4.98 Å². The lowest BCUT2D eigenvalue weighted by molar-refractivity contribution is 0.627. The van der Waals surface area contributed by atoms with Crippen LogP contribution < -0.4 is 5.73 Å². The van der Waals surface area contributed by atoms with Gasteiger partial charge in [0, 0.05) is 17.3 Å². The molecule has 1 heterocycles. The molecule has 2 aromatic rings. The van der Waals surface area contributed by atoms with E-state index in [1.807, 2.05) is 13.8 Å². The lowest BCUT2D eigenvalue weighted by Gasteiger charge is -2.00. The van der Waals surface area contributed by atoms with Crippen LogP contribution in [-0.2, 0) is 6.42 Å². The van der Waals surface area contributed by atoms with Crippen molar-refractivity contribution in [1.29, 1.82) is 0 Å². The molecule has 0 aliphatic heterocycles. The molecule has 4 heteroatoms. The third-order valence-corrected chi connectivity index (χ3v) is 3.92. The number of nitrogens with two attached hydrogens (primary N) is 1. The lowest BCUT2D eigenvalue weighted by atomic mass is 10.1. The average molecular weight is 250 g/mol. The SMILES string of the molecule is Cc1nc(Cc2ccc(F)cc2)sc1C(C)N. The molecule has 0 spiro atoms. The highest BCUT2D eigenvalue weighted by Gasteiger charge is 2.11. The van der Waals surface area contributed by atoms with E-state index in [4.69, 9.17) is 5.73 Å². The van der Waals surface area contributed by atoms with E-state index < -0.39 is 0 Å². The van der Waals surface area contributed by atoms with Crippen LogP contribution >= 0.6 is 11.3 Å². The van der Waals surface area contributed by atoms with Gasteiger partial charge in [0.25, 0.3) is 0 Å². The van der Waals surface area contributed by atoms with E-state index in [-0.39, 0.29) is 11.9 Å². The third-order valence-electron chi connectivity index (χ3n) is 2.56. The first kappa shape index (κ1) is 12.2. The van der Waals surface area contributed by atoms with Crippen molar-refractivity contribution in [3.63, 3.8) is 0 Å². The monoisotopic (exact) mass is 250 g/mol. The average Bonchev–Trinajstić information content (AvgIpc) is 2.63. The van der Waals surface area contributed by atoms with Gasteiger partial charge in [-0.1, -0.05) is 12.1 Å². The number of benzene rings is 1. The number of hydrogen-bond donors (Lipinski definition) is 1. The number of nitrogens with zero attached hydrogens (tertiary/aromatic N) is 1. The van der Waals surface area contributed by atoms with Gasteiger partial charge in [0.1, 0.15) is 5.82 Å². The molecule has 17 heavy (non-hydrogen) atoms. The molecule has 0 aliphatic rings. The van der Waals surface area contributed by atoms with Crippen molar-refractivity contribution in [3.05, 3.63) is 51.2 Å².